The number of nitrogens with one attached hydrogen (secondary N) is 1. The maximum Gasteiger partial charge on any atom is 0.123 e. The molecular weight excluding hydrogens is 265 g/mol. The minimum Gasteiger partial charge on any atom is -0.387 e. The van der Waals surface area contributed by atoms with Crippen molar-refractivity contribution in [3.05, 3.63) is 65.5 Å². The van der Waals surface area contributed by atoms with Gasteiger partial charge >= 0.3 is 0 Å². The lowest BCUT2D eigenvalue weighted by atomic mass is 9.87. The Bertz CT molecular complexity index is 587. The Labute approximate surface area is 125 Å². The Balaban J connectivity index is 1.97. The van der Waals surface area contributed by atoms with Gasteiger partial charge in [-0.25, -0.2) is 4.39 Å². The predicted molar refractivity (Wildman–Crippen MR) is 85.0 cm³/mol. The van der Waals surface area contributed by atoms with Crippen LogP contribution in [0.5, 0.6) is 0 Å². The first-order chi connectivity index (χ1) is 9.86. The second-order valence-corrected chi connectivity index (χ2v) is 6.28. The quantitative estimate of drug-likeness (QED) is 0.880. The van der Waals surface area contributed by atoms with Gasteiger partial charge in [-0.2, -0.15) is 0 Å². The summed E-state index contributed by atoms with van der Waals surface area (Å²) < 4.78 is 13.1. The number of anilines is 1. The first kappa shape index (κ1) is 15.5. The van der Waals surface area contributed by atoms with Gasteiger partial charge in [-0.15, -0.1) is 0 Å². The fraction of sp³-hybridized carbons (Fsp3) is 0.333. The molecule has 2 rings (SSSR count). The number of aliphatic hydroxyl groups excluding tert-OH is 1. The average molecular weight is 287 g/mol. The van der Waals surface area contributed by atoms with Crippen molar-refractivity contribution in [2.75, 3.05) is 11.9 Å². The van der Waals surface area contributed by atoms with Crippen LogP contribution >= 0.6 is 0 Å². The van der Waals surface area contributed by atoms with Crippen molar-refractivity contribution in [3.63, 3.8) is 0 Å². The molecule has 1 unspecified atom stereocenters. The largest absolute Gasteiger partial charge is 0.387 e. The highest BCUT2D eigenvalue weighted by Crippen LogP contribution is 2.24. The summed E-state index contributed by atoms with van der Waals surface area (Å²) in [6.07, 6.45) is -0.733. The van der Waals surface area contributed by atoms with E-state index in [4.69, 9.17) is 0 Å². The fourth-order valence-corrected chi connectivity index (χ4v) is 2.13. The van der Waals surface area contributed by atoms with E-state index in [0.29, 0.717) is 12.1 Å². The highest BCUT2D eigenvalue weighted by Gasteiger charge is 2.13. The summed E-state index contributed by atoms with van der Waals surface area (Å²) in [5.74, 6) is -0.332. The zero-order valence-corrected chi connectivity index (χ0v) is 12.7. The molecule has 0 saturated carbocycles. The van der Waals surface area contributed by atoms with E-state index in [1.807, 2.05) is 12.1 Å². The monoisotopic (exact) mass is 287 g/mol. The predicted octanol–water partition coefficient (Wildman–Crippen LogP) is 4.27. The third kappa shape index (κ3) is 4.30. The molecule has 0 amide bonds. The van der Waals surface area contributed by atoms with E-state index in [-0.39, 0.29) is 11.2 Å². The number of aliphatic hydroxyl groups is 1. The Morgan fingerprint density at radius 3 is 2.33 bits per heavy atom. The molecule has 0 aliphatic heterocycles. The summed E-state index contributed by atoms with van der Waals surface area (Å²) in [6.45, 7) is 6.85. The molecule has 0 aromatic heterocycles. The second-order valence-electron chi connectivity index (χ2n) is 6.28. The maximum atomic E-state index is 13.1. The molecule has 0 aliphatic rings. The normalized spacial score (nSPS) is 13.0. The zero-order chi connectivity index (χ0) is 15.5. The number of hydrogen-bond acceptors (Lipinski definition) is 2. The van der Waals surface area contributed by atoms with E-state index in [2.05, 4.69) is 38.2 Å². The first-order valence-corrected chi connectivity index (χ1v) is 7.14. The number of hydrogen-bond donors (Lipinski definition) is 2. The van der Waals surface area contributed by atoms with Crippen LogP contribution in [0.4, 0.5) is 10.1 Å². The van der Waals surface area contributed by atoms with Gasteiger partial charge in [0.2, 0.25) is 0 Å². The molecule has 2 aromatic carbocycles. The summed E-state index contributed by atoms with van der Waals surface area (Å²) in [7, 11) is 0. The molecule has 112 valence electrons. The number of halogens is 1. The molecule has 0 aliphatic carbocycles. The maximum absolute atomic E-state index is 13.1. The van der Waals surface area contributed by atoms with Gasteiger partial charge in [0.05, 0.1) is 6.10 Å². The standard InChI is InChI=1S/C18H22FNO/c1-18(2,3)14-7-9-16(10-8-14)20-12-17(21)13-5-4-6-15(19)11-13/h4-11,17,20-21H,12H2,1-3H3. The molecule has 0 radical (unpaired) electrons. The van der Waals surface area contributed by atoms with Gasteiger partial charge < -0.3 is 10.4 Å². The van der Waals surface area contributed by atoms with Crippen molar-refractivity contribution in [2.24, 2.45) is 0 Å². The average Bonchev–Trinajstić information content (AvgIpc) is 2.44. The fourth-order valence-electron chi connectivity index (χ4n) is 2.13. The molecule has 2 aromatic rings. The van der Waals surface area contributed by atoms with Crippen LogP contribution in [-0.2, 0) is 5.41 Å². The van der Waals surface area contributed by atoms with Crippen molar-refractivity contribution in [3.8, 4) is 0 Å². The smallest absolute Gasteiger partial charge is 0.123 e. The van der Waals surface area contributed by atoms with Crippen LogP contribution in [-0.4, -0.2) is 11.7 Å². The Hall–Kier alpha value is -1.87. The topological polar surface area (TPSA) is 32.3 Å². The first-order valence-electron chi connectivity index (χ1n) is 7.14. The van der Waals surface area contributed by atoms with Crippen LogP contribution in [0.2, 0.25) is 0 Å². The lowest BCUT2D eigenvalue weighted by Crippen LogP contribution is -2.13. The minimum atomic E-state index is -0.733. The molecule has 0 bridgehead atoms. The van der Waals surface area contributed by atoms with E-state index in [1.54, 1.807) is 12.1 Å². The molecular formula is C18H22FNO. The van der Waals surface area contributed by atoms with Crippen LogP contribution in [0.15, 0.2) is 48.5 Å². The van der Waals surface area contributed by atoms with E-state index in [9.17, 15) is 9.50 Å². The molecule has 0 heterocycles. The molecule has 0 fully saturated rings. The third-order valence-electron chi connectivity index (χ3n) is 3.48. The van der Waals surface area contributed by atoms with Gasteiger partial charge in [0.25, 0.3) is 0 Å². The van der Waals surface area contributed by atoms with Gasteiger partial charge in [-0.05, 0) is 40.8 Å². The summed E-state index contributed by atoms with van der Waals surface area (Å²) >= 11 is 0. The van der Waals surface area contributed by atoms with E-state index < -0.39 is 6.10 Å². The molecule has 0 spiro atoms. The summed E-state index contributed by atoms with van der Waals surface area (Å²) in [5, 5.41) is 13.2. The summed E-state index contributed by atoms with van der Waals surface area (Å²) in [5.41, 5.74) is 2.91. The van der Waals surface area contributed by atoms with E-state index in [0.717, 1.165) is 5.69 Å². The van der Waals surface area contributed by atoms with Crippen molar-refractivity contribution >= 4 is 5.69 Å². The highest BCUT2D eigenvalue weighted by molar-refractivity contribution is 5.46. The molecule has 0 saturated heterocycles. The number of rotatable bonds is 4. The number of benzene rings is 2. The minimum absolute atomic E-state index is 0.125. The molecule has 2 nitrogen and oxygen atoms in total. The molecule has 2 N–H and O–H groups in total. The van der Waals surface area contributed by atoms with Crippen LogP contribution in [0.25, 0.3) is 0 Å². The summed E-state index contributed by atoms with van der Waals surface area (Å²) in [6, 6.07) is 14.2. The Morgan fingerprint density at radius 1 is 1.10 bits per heavy atom. The lowest BCUT2D eigenvalue weighted by molar-refractivity contribution is 0.191. The molecule has 1 atom stereocenters. The van der Waals surface area contributed by atoms with Gasteiger partial charge in [-0.3, -0.25) is 0 Å². The van der Waals surface area contributed by atoms with Crippen LogP contribution in [0.3, 0.4) is 0 Å². The zero-order valence-electron chi connectivity index (χ0n) is 12.7. The van der Waals surface area contributed by atoms with Crippen molar-refractivity contribution in [1.82, 2.24) is 0 Å². The third-order valence-corrected chi connectivity index (χ3v) is 3.48. The van der Waals surface area contributed by atoms with E-state index in [1.165, 1.54) is 17.7 Å². The summed E-state index contributed by atoms with van der Waals surface area (Å²) in [4.78, 5) is 0. The molecule has 21 heavy (non-hydrogen) atoms. The van der Waals surface area contributed by atoms with Gasteiger partial charge in [0, 0.05) is 12.2 Å². The highest BCUT2D eigenvalue weighted by atomic mass is 19.1. The lowest BCUT2D eigenvalue weighted by Gasteiger charge is -2.19. The Morgan fingerprint density at radius 2 is 1.76 bits per heavy atom. The van der Waals surface area contributed by atoms with Gasteiger partial charge in [0.15, 0.2) is 0 Å². The second kappa shape index (κ2) is 6.27. The van der Waals surface area contributed by atoms with E-state index >= 15 is 0 Å². The van der Waals surface area contributed by atoms with Gasteiger partial charge in [0.1, 0.15) is 5.82 Å². The van der Waals surface area contributed by atoms with Gasteiger partial charge in [-0.1, -0.05) is 45.0 Å². The SMILES string of the molecule is CC(C)(C)c1ccc(NCC(O)c2cccc(F)c2)cc1. The van der Waals surface area contributed by atoms with Crippen LogP contribution in [0.1, 0.15) is 38.0 Å². The van der Waals surface area contributed by atoms with Crippen molar-refractivity contribution < 1.29 is 9.50 Å². The Kier molecular flexibility index (Phi) is 4.63. The molecule has 3 heteroatoms. The van der Waals surface area contributed by atoms with Crippen molar-refractivity contribution in [1.29, 1.82) is 0 Å². The van der Waals surface area contributed by atoms with Crippen LogP contribution < -0.4 is 5.32 Å². The van der Waals surface area contributed by atoms with Crippen LogP contribution in [0, 0.1) is 5.82 Å². The van der Waals surface area contributed by atoms with Crippen molar-refractivity contribution in [2.45, 2.75) is 32.3 Å².